The van der Waals surface area contributed by atoms with Gasteiger partial charge >= 0.3 is 6.18 Å². The Morgan fingerprint density at radius 2 is 2.22 bits per heavy atom. The first-order chi connectivity index (χ1) is 12.4. The monoisotopic (exact) mass is 502 g/mol. The number of aromatic nitrogens is 2. The van der Waals surface area contributed by atoms with Crippen molar-refractivity contribution in [2.24, 2.45) is 10.9 Å². The summed E-state index contributed by atoms with van der Waals surface area (Å²) in [5, 5.41) is 5.98. The van der Waals surface area contributed by atoms with E-state index in [1.807, 2.05) is 18.9 Å². The van der Waals surface area contributed by atoms with Gasteiger partial charge < -0.3 is 20.3 Å². The Morgan fingerprint density at radius 3 is 2.85 bits per heavy atom. The lowest BCUT2D eigenvalue weighted by atomic mass is 10.1. The van der Waals surface area contributed by atoms with Crippen LogP contribution in [0.25, 0.3) is 0 Å². The van der Waals surface area contributed by atoms with Gasteiger partial charge in [-0.2, -0.15) is 13.2 Å². The van der Waals surface area contributed by atoms with Crippen molar-refractivity contribution >= 4 is 35.9 Å². The summed E-state index contributed by atoms with van der Waals surface area (Å²) in [6.07, 6.45) is -2.36. The summed E-state index contributed by atoms with van der Waals surface area (Å²) < 4.78 is 43.3. The highest BCUT2D eigenvalue weighted by Gasteiger charge is 2.32. The standard InChI is InChI=1S/C16H25F3N6O.HI/c1-3-20-15(25(2)10-12-5-9-26-11-12)23-8-7-22-14-21-6-4-13(24-14)16(17,18)19;/h4,6,12H,3,5,7-11H2,1-2H3,(H,20,23)(H,21,22,24);1H. The number of guanidine groups is 1. The van der Waals surface area contributed by atoms with Crippen LogP contribution in [0.5, 0.6) is 0 Å². The van der Waals surface area contributed by atoms with E-state index >= 15 is 0 Å². The van der Waals surface area contributed by atoms with Crippen LogP contribution in [0.1, 0.15) is 19.0 Å². The third kappa shape index (κ3) is 8.03. The Morgan fingerprint density at radius 1 is 1.44 bits per heavy atom. The molecule has 1 atom stereocenters. The Hall–Kier alpha value is -1.37. The lowest BCUT2D eigenvalue weighted by Crippen LogP contribution is -2.41. The summed E-state index contributed by atoms with van der Waals surface area (Å²) in [5.41, 5.74) is -0.967. The third-order valence-electron chi connectivity index (χ3n) is 3.86. The Balaban J connectivity index is 0.00000364. The van der Waals surface area contributed by atoms with E-state index in [4.69, 9.17) is 4.74 Å². The van der Waals surface area contributed by atoms with Crippen molar-refractivity contribution in [1.82, 2.24) is 20.2 Å². The summed E-state index contributed by atoms with van der Waals surface area (Å²) >= 11 is 0. The highest BCUT2D eigenvalue weighted by atomic mass is 127. The molecule has 27 heavy (non-hydrogen) atoms. The van der Waals surface area contributed by atoms with Crippen molar-refractivity contribution in [3.8, 4) is 0 Å². The van der Waals surface area contributed by atoms with Gasteiger partial charge in [0.15, 0.2) is 5.96 Å². The second kappa shape index (κ2) is 11.5. The third-order valence-corrected chi connectivity index (χ3v) is 3.86. The molecule has 1 aromatic rings. The molecule has 1 aliphatic rings. The van der Waals surface area contributed by atoms with E-state index in [0.717, 1.165) is 50.9 Å². The molecule has 1 aliphatic heterocycles. The lowest BCUT2D eigenvalue weighted by molar-refractivity contribution is -0.141. The first kappa shape index (κ1) is 23.7. The number of anilines is 1. The molecule has 0 amide bonds. The van der Waals surface area contributed by atoms with E-state index in [0.29, 0.717) is 19.0 Å². The molecule has 0 aliphatic carbocycles. The number of aliphatic imine (C=N–C) groups is 1. The van der Waals surface area contributed by atoms with E-state index in [1.165, 1.54) is 0 Å². The van der Waals surface area contributed by atoms with Crippen molar-refractivity contribution in [2.75, 3.05) is 51.8 Å². The maximum absolute atomic E-state index is 12.6. The second-order valence-corrected chi connectivity index (χ2v) is 6.04. The maximum atomic E-state index is 12.6. The summed E-state index contributed by atoms with van der Waals surface area (Å²) in [6.45, 7) is 5.83. The minimum absolute atomic E-state index is 0. The molecule has 7 nitrogen and oxygen atoms in total. The number of ether oxygens (including phenoxy) is 1. The Labute approximate surface area is 174 Å². The summed E-state index contributed by atoms with van der Waals surface area (Å²) in [4.78, 5) is 13.8. The van der Waals surface area contributed by atoms with Gasteiger partial charge in [0.2, 0.25) is 5.95 Å². The Bertz CT molecular complexity index is 596. The van der Waals surface area contributed by atoms with Crippen molar-refractivity contribution in [3.63, 3.8) is 0 Å². The summed E-state index contributed by atoms with van der Waals surface area (Å²) in [7, 11) is 1.96. The van der Waals surface area contributed by atoms with Crippen molar-refractivity contribution < 1.29 is 17.9 Å². The van der Waals surface area contributed by atoms with Gasteiger partial charge in [0.05, 0.1) is 13.2 Å². The summed E-state index contributed by atoms with van der Waals surface area (Å²) in [6, 6.07) is 0.842. The van der Waals surface area contributed by atoms with Crippen LogP contribution in [0.2, 0.25) is 0 Å². The Kier molecular flexibility index (Phi) is 10.1. The fraction of sp³-hybridized carbons (Fsp3) is 0.688. The smallest absolute Gasteiger partial charge is 0.381 e. The molecule has 0 spiro atoms. The highest BCUT2D eigenvalue weighted by molar-refractivity contribution is 14.0. The molecular formula is C16H26F3IN6O. The first-order valence-corrected chi connectivity index (χ1v) is 8.61. The SMILES string of the molecule is CCNC(=NCCNc1nccc(C(F)(F)F)n1)N(C)CC1CCOC1.I. The molecule has 2 heterocycles. The average Bonchev–Trinajstić information content (AvgIpc) is 3.10. The van der Waals surface area contributed by atoms with Crippen LogP contribution in [-0.2, 0) is 10.9 Å². The van der Waals surface area contributed by atoms with Crippen LogP contribution < -0.4 is 10.6 Å². The number of alkyl halides is 3. The molecule has 1 unspecified atom stereocenters. The second-order valence-electron chi connectivity index (χ2n) is 6.04. The maximum Gasteiger partial charge on any atom is 0.433 e. The summed E-state index contributed by atoms with van der Waals surface area (Å²) in [5.74, 6) is 1.18. The molecule has 1 fully saturated rings. The highest BCUT2D eigenvalue weighted by Crippen LogP contribution is 2.27. The number of nitrogens with one attached hydrogen (secondary N) is 2. The number of hydrogen-bond acceptors (Lipinski definition) is 5. The normalized spacial score (nSPS) is 17.4. The topological polar surface area (TPSA) is 74.7 Å². The molecule has 1 saturated heterocycles. The van der Waals surface area contributed by atoms with Crippen molar-refractivity contribution in [2.45, 2.75) is 19.5 Å². The van der Waals surface area contributed by atoms with Crippen LogP contribution >= 0.6 is 24.0 Å². The minimum Gasteiger partial charge on any atom is -0.381 e. The molecule has 2 rings (SSSR count). The molecule has 1 aromatic heterocycles. The van der Waals surface area contributed by atoms with Crippen LogP contribution in [0, 0.1) is 5.92 Å². The van der Waals surface area contributed by atoms with E-state index in [1.54, 1.807) is 0 Å². The number of nitrogens with zero attached hydrogens (tertiary/aromatic N) is 4. The van der Waals surface area contributed by atoms with E-state index in [2.05, 4.69) is 25.6 Å². The number of rotatable bonds is 7. The molecule has 0 bridgehead atoms. The van der Waals surface area contributed by atoms with E-state index in [9.17, 15) is 13.2 Å². The molecule has 11 heteroatoms. The molecule has 0 saturated carbocycles. The van der Waals surface area contributed by atoms with E-state index in [-0.39, 0.29) is 29.9 Å². The number of hydrogen-bond donors (Lipinski definition) is 2. The van der Waals surface area contributed by atoms with Crippen molar-refractivity contribution in [1.29, 1.82) is 0 Å². The van der Waals surface area contributed by atoms with Gasteiger partial charge in [0, 0.05) is 45.4 Å². The molecular weight excluding hydrogens is 476 g/mol. The predicted molar refractivity (Wildman–Crippen MR) is 108 cm³/mol. The fourth-order valence-electron chi connectivity index (χ4n) is 2.60. The van der Waals surface area contributed by atoms with Crippen LogP contribution in [-0.4, -0.2) is 67.3 Å². The molecule has 2 N–H and O–H groups in total. The zero-order valence-electron chi connectivity index (χ0n) is 15.4. The van der Waals surface area contributed by atoms with Crippen molar-refractivity contribution in [3.05, 3.63) is 18.0 Å². The zero-order valence-corrected chi connectivity index (χ0v) is 17.8. The van der Waals surface area contributed by atoms with Gasteiger partial charge in [-0.3, -0.25) is 4.99 Å². The quantitative estimate of drug-likeness (QED) is 0.259. The van der Waals surface area contributed by atoms with Crippen LogP contribution in [0.4, 0.5) is 19.1 Å². The number of halogens is 4. The van der Waals surface area contributed by atoms with Crippen LogP contribution in [0.15, 0.2) is 17.3 Å². The van der Waals surface area contributed by atoms with Gasteiger partial charge in [-0.15, -0.1) is 24.0 Å². The van der Waals surface area contributed by atoms with Gasteiger partial charge in [-0.1, -0.05) is 0 Å². The average molecular weight is 502 g/mol. The zero-order chi connectivity index (χ0) is 19.0. The van der Waals surface area contributed by atoms with Gasteiger partial charge in [-0.25, -0.2) is 9.97 Å². The predicted octanol–water partition coefficient (Wildman–Crippen LogP) is 2.46. The molecule has 0 aromatic carbocycles. The minimum atomic E-state index is -4.48. The largest absolute Gasteiger partial charge is 0.433 e. The van der Waals surface area contributed by atoms with Crippen LogP contribution in [0.3, 0.4) is 0 Å². The fourth-order valence-corrected chi connectivity index (χ4v) is 2.60. The molecule has 154 valence electrons. The van der Waals surface area contributed by atoms with Gasteiger partial charge in [0.1, 0.15) is 5.69 Å². The van der Waals surface area contributed by atoms with Gasteiger partial charge in [0.25, 0.3) is 0 Å². The van der Waals surface area contributed by atoms with Gasteiger partial charge in [-0.05, 0) is 19.4 Å². The first-order valence-electron chi connectivity index (χ1n) is 8.61. The lowest BCUT2D eigenvalue weighted by Gasteiger charge is -2.24. The molecule has 0 radical (unpaired) electrons. The van der Waals surface area contributed by atoms with E-state index < -0.39 is 11.9 Å².